The van der Waals surface area contributed by atoms with Crippen LogP contribution < -0.4 is 5.32 Å². The van der Waals surface area contributed by atoms with Crippen molar-refractivity contribution in [2.24, 2.45) is 0 Å². The monoisotopic (exact) mass is 411 g/mol. The fourth-order valence-corrected chi connectivity index (χ4v) is 4.07. The molecule has 1 aliphatic carbocycles. The molecular weight excluding hydrogens is 395 g/mol. The molecule has 148 valence electrons. The van der Waals surface area contributed by atoms with Gasteiger partial charge in [-0.3, -0.25) is 9.48 Å². The molecule has 3 aromatic rings. The summed E-state index contributed by atoms with van der Waals surface area (Å²) in [4.78, 5) is 17.1. The first-order valence-electron chi connectivity index (χ1n) is 8.73. The standard InChI is InChI=1S/C17H16F3N5O2S/c18-17(19,20)16-23-14(24-27-16)13-6-5-11(28-13)9-25-12(7-8-21-25)15(26)22-10-3-1-2-4-10/h5-8,10H,1-4,9H2,(H,22,26). The van der Waals surface area contributed by atoms with Crippen molar-refractivity contribution in [1.29, 1.82) is 0 Å². The summed E-state index contributed by atoms with van der Waals surface area (Å²) in [6.07, 6.45) is 1.08. The Labute approximate surface area is 161 Å². The molecule has 0 aliphatic heterocycles. The van der Waals surface area contributed by atoms with Gasteiger partial charge in [0.2, 0.25) is 5.82 Å². The molecule has 0 spiro atoms. The average molecular weight is 411 g/mol. The summed E-state index contributed by atoms with van der Waals surface area (Å²) in [6, 6.07) is 5.20. The molecule has 0 atom stereocenters. The van der Waals surface area contributed by atoms with Crippen molar-refractivity contribution < 1.29 is 22.5 Å². The zero-order chi connectivity index (χ0) is 19.7. The average Bonchev–Trinajstić information content (AvgIpc) is 3.42. The van der Waals surface area contributed by atoms with E-state index in [1.807, 2.05) is 0 Å². The number of amides is 1. The topological polar surface area (TPSA) is 85.8 Å². The molecule has 0 radical (unpaired) electrons. The second kappa shape index (κ2) is 7.38. The van der Waals surface area contributed by atoms with Gasteiger partial charge in [0.15, 0.2) is 0 Å². The third-order valence-electron chi connectivity index (χ3n) is 4.50. The number of carbonyl (C=O) groups excluding carboxylic acids is 1. The molecule has 1 N–H and O–H groups in total. The van der Waals surface area contributed by atoms with Crippen LogP contribution in [0.2, 0.25) is 0 Å². The Balaban J connectivity index is 1.47. The molecule has 1 saturated carbocycles. The van der Waals surface area contributed by atoms with Crippen LogP contribution in [0.1, 0.15) is 46.9 Å². The highest BCUT2D eigenvalue weighted by atomic mass is 32.1. The molecule has 3 aromatic heterocycles. The summed E-state index contributed by atoms with van der Waals surface area (Å²) in [5.74, 6) is -1.67. The predicted octanol–water partition coefficient (Wildman–Crippen LogP) is 3.73. The lowest BCUT2D eigenvalue weighted by Gasteiger charge is -2.12. The number of halogens is 3. The van der Waals surface area contributed by atoms with Gasteiger partial charge in [0.1, 0.15) is 5.69 Å². The van der Waals surface area contributed by atoms with Gasteiger partial charge in [0, 0.05) is 17.1 Å². The van der Waals surface area contributed by atoms with Gasteiger partial charge in [-0.25, -0.2) is 0 Å². The predicted molar refractivity (Wildman–Crippen MR) is 93.7 cm³/mol. The van der Waals surface area contributed by atoms with Gasteiger partial charge in [0.25, 0.3) is 5.91 Å². The highest BCUT2D eigenvalue weighted by Gasteiger charge is 2.38. The molecule has 1 aliphatic rings. The SMILES string of the molecule is O=C(NC1CCCC1)c1ccnn1Cc1ccc(-c2noc(C(F)(F)F)n2)s1. The maximum Gasteiger partial charge on any atom is 0.471 e. The van der Waals surface area contributed by atoms with Crippen molar-refractivity contribution in [3.05, 3.63) is 40.9 Å². The number of alkyl halides is 3. The van der Waals surface area contributed by atoms with Crippen LogP contribution in [0.4, 0.5) is 13.2 Å². The highest BCUT2D eigenvalue weighted by molar-refractivity contribution is 7.15. The van der Waals surface area contributed by atoms with E-state index in [0.717, 1.165) is 30.6 Å². The lowest BCUT2D eigenvalue weighted by atomic mass is 10.2. The third kappa shape index (κ3) is 3.93. The summed E-state index contributed by atoms with van der Waals surface area (Å²) >= 11 is 1.22. The number of rotatable bonds is 5. The van der Waals surface area contributed by atoms with Crippen LogP contribution in [0.25, 0.3) is 10.7 Å². The van der Waals surface area contributed by atoms with Crippen molar-refractivity contribution in [3.63, 3.8) is 0 Å². The summed E-state index contributed by atoms with van der Waals surface area (Å²) in [5.41, 5.74) is 0.445. The van der Waals surface area contributed by atoms with Crippen molar-refractivity contribution in [2.45, 2.75) is 44.4 Å². The van der Waals surface area contributed by atoms with Crippen LogP contribution in [-0.4, -0.2) is 31.9 Å². The van der Waals surface area contributed by atoms with Crippen molar-refractivity contribution in [3.8, 4) is 10.7 Å². The third-order valence-corrected chi connectivity index (χ3v) is 5.56. The molecule has 4 rings (SSSR count). The molecule has 0 saturated heterocycles. The Morgan fingerprint density at radius 3 is 2.79 bits per heavy atom. The Morgan fingerprint density at radius 1 is 1.29 bits per heavy atom. The minimum absolute atomic E-state index is 0.122. The number of carbonyl (C=O) groups is 1. The van der Waals surface area contributed by atoms with Crippen LogP contribution in [0.3, 0.4) is 0 Å². The van der Waals surface area contributed by atoms with E-state index >= 15 is 0 Å². The molecule has 0 unspecified atom stereocenters. The zero-order valence-electron chi connectivity index (χ0n) is 14.6. The second-order valence-electron chi connectivity index (χ2n) is 6.52. The number of thiophene rings is 1. The normalized spacial score (nSPS) is 15.2. The van der Waals surface area contributed by atoms with Gasteiger partial charge in [-0.15, -0.1) is 11.3 Å². The van der Waals surface area contributed by atoms with Gasteiger partial charge in [0.05, 0.1) is 11.4 Å². The van der Waals surface area contributed by atoms with Crippen LogP contribution in [0, 0.1) is 0 Å². The second-order valence-corrected chi connectivity index (χ2v) is 7.68. The van der Waals surface area contributed by atoms with Gasteiger partial charge in [-0.05, 0) is 31.0 Å². The maximum absolute atomic E-state index is 12.6. The molecule has 1 amide bonds. The van der Waals surface area contributed by atoms with E-state index in [2.05, 4.69) is 25.1 Å². The van der Waals surface area contributed by atoms with E-state index < -0.39 is 12.1 Å². The van der Waals surface area contributed by atoms with E-state index in [9.17, 15) is 18.0 Å². The molecule has 11 heteroatoms. The summed E-state index contributed by atoms with van der Waals surface area (Å²) in [5, 5.41) is 10.6. The highest BCUT2D eigenvalue weighted by Crippen LogP contribution is 2.32. The molecular formula is C17H16F3N5O2S. The summed E-state index contributed by atoms with van der Waals surface area (Å²) in [6.45, 7) is 0.315. The van der Waals surface area contributed by atoms with Gasteiger partial charge in [-0.2, -0.15) is 23.3 Å². The Bertz CT molecular complexity index is 972. The van der Waals surface area contributed by atoms with Gasteiger partial charge >= 0.3 is 12.1 Å². The van der Waals surface area contributed by atoms with Gasteiger partial charge in [-0.1, -0.05) is 18.0 Å². The first kappa shape index (κ1) is 18.7. The van der Waals surface area contributed by atoms with Crippen molar-refractivity contribution >= 4 is 17.2 Å². The summed E-state index contributed by atoms with van der Waals surface area (Å²) in [7, 11) is 0. The lowest BCUT2D eigenvalue weighted by molar-refractivity contribution is -0.159. The largest absolute Gasteiger partial charge is 0.471 e. The van der Waals surface area contributed by atoms with Crippen LogP contribution in [-0.2, 0) is 12.7 Å². The van der Waals surface area contributed by atoms with E-state index in [-0.39, 0.29) is 17.8 Å². The first-order valence-corrected chi connectivity index (χ1v) is 9.54. The maximum atomic E-state index is 12.6. The number of hydrogen-bond donors (Lipinski definition) is 1. The number of aromatic nitrogens is 4. The number of nitrogens with zero attached hydrogens (tertiary/aromatic N) is 4. The Hall–Kier alpha value is -2.69. The van der Waals surface area contributed by atoms with E-state index in [1.165, 1.54) is 11.3 Å². The molecule has 1 fully saturated rings. The van der Waals surface area contributed by atoms with E-state index in [0.29, 0.717) is 17.1 Å². The van der Waals surface area contributed by atoms with E-state index in [4.69, 9.17) is 0 Å². The zero-order valence-corrected chi connectivity index (χ0v) is 15.4. The molecule has 0 aromatic carbocycles. The lowest BCUT2D eigenvalue weighted by Crippen LogP contribution is -2.34. The Kier molecular flexibility index (Phi) is 4.92. The van der Waals surface area contributed by atoms with Gasteiger partial charge < -0.3 is 9.84 Å². The Morgan fingerprint density at radius 2 is 2.07 bits per heavy atom. The first-order chi connectivity index (χ1) is 13.4. The van der Waals surface area contributed by atoms with Crippen LogP contribution in [0.5, 0.6) is 0 Å². The molecule has 7 nitrogen and oxygen atoms in total. The van der Waals surface area contributed by atoms with Crippen LogP contribution in [0.15, 0.2) is 28.9 Å². The van der Waals surface area contributed by atoms with E-state index in [1.54, 1.807) is 29.1 Å². The van der Waals surface area contributed by atoms with Crippen molar-refractivity contribution in [1.82, 2.24) is 25.2 Å². The fourth-order valence-electron chi connectivity index (χ4n) is 3.15. The van der Waals surface area contributed by atoms with Crippen molar-refractivity contribution in [2.75, 3.05) is 0 Å². The minimum atomic E-state index is -4.68. The number of nitrogens with one attached hydrogen (secondary N) is 1. The molecule has 0 bridgehead atoms. The fraction of sp³-hybridized carbons (Fsp3) is 0.412. The smallest absolute Gasteiger partial charge is 0.348 e. The number of hydrogen-bond acceptors (Lipinski definition) is 6. The minimum Gasteiger partial charge on any atom is -0.348 e. The summed E-state index contributed by atoms with van der Waals surface area (Å²) < 4.78 is 43.6. The quantitative estimate of drug-likeness (QED) is 0.691. The molecule has 28 heavy (non-hydrogen) atoms. The molecule has 3 heterocycles. The van der Waals surface area contributed by atoms with Crippen LogP contribution >= 0.6 is 11.3 Å².